The highest BCUT2D eigenvalue weighted by molar-refractivity contribution is 6.04. The van der Waals surface area contributed by atoms with Gasteiger partial charge in [-0.1, -0.05) is 72.8 Å². The largest absolute Gasteiger partial charge is 0.0622 e. The number of benzene rings is 4. The molecule has 0 saturated carbocycles. The van der Waals surface area contributed by atoms with Gasteiger partial charge in [0.2, 0.25) is 0 Å². The van der Waals surface area contributed by atoms with Gasteiger partial charge in [0.1, 0.15) is 0 Å². The number of rotatable bonds is 1. The van der Waals surface area contributed by atoms with E-state index in [1.54, 1.807) is 0 Å². The highest BCUT2D eigenvalue weighted by Crippen LogP contribution is 2.31. The molecule has 0 fully saturated rings. The first-order chi connectivity index (χ1) is 9.92. The molecule has 4 rings (SSSR count). The smallest absolute Gasteiger partial charge is 0.000786 e. The third kappa shape index (κ3) is 1.78. The number of fused-ring (bicyclic) bond motifs is 2. The van der Waals surface area contributed by atoms with Crippen molar-refractivity contribution in [2.75, 3.05) is 0 Å². The Morgan fingerprint density at radius 2 is 1.35 bits per heavy atom. The predicted octanol–water partition coefficient (Wildman–Crippen LogP) is 5.46. The normalized spacial score (nSPS) is 11.0. The Hall–Kier alpha value is -2.60. The monoisotopic (exact) mass is 253 g/mol. The first kappa shape index (κ1) is 11.2. The molecule has 0 atom stereocenters. The Kier molecular flexibility index (Phi) is 2.53. The summed E-state index contributed by atoms with van der Waals surface area (Å²) in [5, 5.41) is 4.84. The fraction of sp³-hybridized carbons (Fsp3) is 0. The Morgan fingerprint density at radius 3 is 2.25 bits per heavy atom. The molecule has 0 heteroatoms. The zero-order valence-corrected chi connectivity index (χ0v) is 11.0. The van der Waals surface area contributed by atoms with Crippen molar-refractivity contribution >= 4 is 21.5 Å². The molecule has 0 nitrogen and oxygen atoms in total. The van der Waals surface area contributed by atoms with Gasteiger partial charge in [-0.2, -0.15) is 0 Å². The molecule has 4 aromatic rings. The summed E-state index contributed by atoms with van der Waals surface area (Å²) < 4.78 is 0. The van der Waals surface area contributed by atoms with Crippen LogP contribution in [0.3, 0.4) is 0 Å². The molecule has 0 bridgehead atoms. The van der Waals surface area contributed by atoms with Gasteiger partial charge in [0.15, 0.2) is 0 Å². The van der Waals surface area contributed by atoms with Crippen molar-refractivity contribution in [3.8, 4) is 11.1 Å². The van der Waals surface area contributed by atoms with E-state index in [0.29, 0.717) is 0 Å². The van der Waals surface area contributed by atoms with E-state index >= 15 is 0 Å². The maximum atomic E-state index is 3.58. The Morgan fingerprint density at radius 1 is 0.600 bits per heavy atom. The van der Waals surface area contributed by atoms with Crippen LogP contribution in [0.25, 0.3) is 32.7 Å². The van der Waals surface area contributed by atoms with Gasteiger partial charge in [-0.25, -0.2) is 0 Å². The molecule has 0 N–H and O–H groups in total. The van der Waals surface area contributed by atoms with Crippen LogP contribution in [0.1, 0.15) is 0 Å². The number of hydrogen-bond acceptors (Lipinski definition) is 0. The standard InChI is InChI=1S/C20H13/c1-2-7-15(8-3-1)19-12-6-11-18-13-16-9-4-5-10-17(16)14-20(18)19/h1-13H. The number of hydrogen-bond donors (Lipinski definition) is 0. The molecule has 4 aromatic carbocycles. The van der Waals surface area contributed by atoms with Gasteiger partial charge >= 0.3 is 0 Å². The van der Waals surface area contributed by atoms with Crippen molar-refractivity contribution in [1.29, 1.82) is 0 Å². The maximum absolute atomic E-state index is 3.58. The summed E-state index contributed by atoms with van der Waals surface area (Å²) in [7, 11) is 0. The summed E-state index contributed by atoms with van der Waals surface area (Å²) in [6, 6.07) is 31.2. The van der Waals surface area contributed by atoms with E-state index in [1.165, 1.54) is 32.7 Å². The summed E-state index contributed by atoms with van der Waals surface area (Å²) >= 11 is 0. The van der Waals surface area contributed by atoms with E-state index in [1.807, 2.05) is 6.07 Å². The predicted molar refractivity (Wildman–Crippen MR) is 85.7 cm³/mol. The Bertz CT molecular complexity index is 889. The molecule has 0 heterocycles. The minimum absolute atomic E-state index is 1.17. The lowest BCUT2D eigenvalue weighted by molar-refractivity contribution is 1.66. The fourth-order valence-corrected chi connectivity index (χ4v) is 2.73. The van der Waals surface area contributed by atoms with E-state index in [-0.39, 0.29) is 0 Å². The van der Waals surface area contributed by atoms with E-state index in [9.17, 15) is 0 Å². The molecular formula is C20H13. The topological polar surface area (TPSA) is 0 Å². The highest BCUT2D eigenvalue weighted by Gasteiger charge is 2.05. The molecule has 0 aromatic heterocycles. The van der Waals surface area contributed by atoms with Crippen LogP contribution in [0, 0.1) is 6.07 Å². The molecule has 93 valence electrons. The minimum Gasteiger partial charge on any atom is -0.0622 e. The third-order valence-corrected chi connectivity index (χ3v) is 3.71. The van der Waals surface area contributed by atoms with Crippen LogP contribution in [0.4, 0.5) is 0 Å². The van der Waals surface area contributed by atoms with Crippen LogP contribution in [0.2, 0.25) is 0 Å². The van der Waals surface area contributed by atoms with E-state index < -0.39 is 0 Å². The van der Waals surface area contributed by atoms with E-state index in [4.69, 9.17) is 0 Å². The summed E-state index contributed by atoms with van der Waals surface area (Å²) in [4.78, 5) is 0. The second-order valence-corrected chi connectivity index (χ2v) is 4.99. The van der Waals surface area contributed by atoms with Crippen molar-refractivity contribution in [2.24, 2.45) is 0 Å². The van der Waals surface area contributed by atoms with Crippen molar-refractivity contribution in [1.82, 2.24) is 0 Å². The molecule has 0 saturated heterocycles. The van der Waals surface area contributed by atoms with Crippen LogP contribution in [0.5, 0.6) is 0 Å². The molecule has 0 aliphatic carbocycles. The van der Waals surface area contributed by atoms with Crippen LogP contribution in [-0.2, 0) is 0 Å². The van der Waals surface area contributed by atoms with Gasteiger partial charge in [0, 0.05) is 0 Å². The van der Waals surface area contributed by atoms with Gasteiger partial charge in [-0.05, 0) is 44.8 Å². The second kappa shape index (κ2) is 4.50. The van der Waals surface area contributed by atoms with Gasteiger partial charge in [-0.15, -0.1) is 0 Å². The fourth-order valence-electron chi connectivity index (χ4n) is 2.73. The van der Waals surface area contributed by atoms with Crippen molar-refractivity contribution in [2.45, 2.75) is 0 Å². The molecule has 1 radical (unpaired) electrons. The van der Waals surface area contributed by atoms with Crippen molar-refractivity contribution < 1.29 is 0 Å². The lowest BCUT2D eigenvalue weighted by Crippen LogP contribution is -1.82. The van der Waals surface area contributed by atoms with Crippen LogP contribution in [0.15, 0.2) is 78.9 Å². The van der Waals surface area contributed by atoms with Crippen molar-refractivity contribution in [3.63, 3.8) is 0 Å². The third-order valence-electron chi connectivity index (χ3n) is 3.71. The van der Waals surface area contributed by atoms with Crippen LogP contribution < -0.4 is 0 Å². The summed E-state index contributed by atoms with van der Waals surface area (Å²) in [6.07, 6.45) is 0. The molecule has 0 unspecified atom stereocenters. The Balaban J connectivity index is 2.09. The highest BCUT2D eigenvalue weighted by atomic mass is 14.1. The average Bonchev–Trinajstić information content (AvgIpc) is 2.53. The Labute approximate surface area is 118 Å². The molecule has 0 spiro atoms. The first-order valence-corrected chi connectivity index (χ1v) is 6.81. The second-order valence-electron chi connectivity index (χ2n) is 4.99. The first-order valence-electron chi connectivity index (χ1n) is 6.81. The SMILES string of the molecule is [c]1c2ccccc2cc2cccc(-c3ccccc3)c12. The van der Waals surface area contributed by atoms with E-state index in [2.05, 4.69) is 78.9 Å². The molecule has 0 aliphatic heterocycles. The van der Waals surface area contributed by atoms with Gasteiger partial charge in [0.05, 0.1) is 0 Å². The molecule has 20 heavy (non-hydrogen) atoms. The minimum atomic E-state index is 1.17. The summed E-state index contributed by atoms with van der Waals surface area (Å²) in [6.45, 7) is 0. The van der Waals surface area contributed by atoms with Gasteiger partial charge in [-0.3, -0.25) is 0 Å². The van der Waals surface area contributed by atoms with E-state index in [0.717, 1.165) is 0 Å². The lowest BCUT2D eigenvalue weighted by Gasteiger charge is -2.08. The lowest BCUT2D eigenvalue weighted by atomic mass is 9.96. The zero-order valence-electron chi connectivity index (χ0n) is 11.0. The van der Waals surface area contributed by atoms with Gasteiger partial charge in [0.25, 0.3) is 0 Å². The summed E-state index contributed by atoms with van der Waals surface area (Å²) in [5.41, 5.74) is 2.48. The quantitative estimate of drug-likeness (QED) is 0.395. The zero-order chi connectivity index (χ0) is 13.4. The van der Waals surface area contributed by atoms with Crippen LogP contribution >= 0.6 is 0 Å². The average molecular weight is 253 g/mol. The summed E-state index contributed by atoms with van der Waals surface area (Å²) in [5.74, 6) is 0. The molecular weight excluding hydrogens is 240 g/mol. The molecule has 0 amide bonds. The maximum Gasteiger partial charge on any atom is -0.000786 e. The van der Waals surface area contributed by atoms with Crippen LogP contribution in [-0.4, -0.2) is 0 Å². The van der Waals surface area contributed by atoms with Gasteiger partial charge < -0.3 is 0 Å². The van der Waals surface area contributed by atoms with Crippen molar-refractivity contribution in [3.05, 3.63) is 84.9 Å². The molecule has 0 aliphatic rings.